The molecule has 2 heteroatoms. The summed E-state index contributed by atoms with van der Waals surface area (Å²) in [6.45, 7) is 6.52. The maximum atomic E-state index is 2.28. The lowest BCUT2D eigenvalue weighted by Crippen LogP contribution is -1.78. The van der Waals surface area contributed by atoms with Gasteiger partial charge in [0.05, 0.1) is 0 Å². The molecular formula is C13H18S2. The van der Waals surface area contributed by atoms with E-state index in [0.717, 1.165) is 11.5 Å². The largest absolute Gasteiger partial charge is 0.120 e. The summed E-state index contributed by atoms with van der Waals surface area (Å²) < 4.78 is 1.42. The quantitative estimate of drug-likeness (QED) is 0.722. The van der Waals surface area contributed by atoms with Crippen LogP contribution in [0.15, 0.2) is 28.5 Å². The van der Waals surface area contributed by atoms with E-state index >= 15 is 0 Å². The van der Waals surface area contributed by atoms with Crippen LogP contribution < -0.4 is 0 Å². The van der Waals surface area contributed by atoms with Crippen molar-refractivity contribution in [3.8, 4) is 0 Å². The van der Waals surface area contributed by atoms with Crippen molar-refractivity contribution in [2.24, 2.45) is 0 Å². The highest BCUT2D eigenvalue weighted by Crippen LogP contribution is 2.30. The van der Waals surface area contributed by atoms with Crippen LogP contribution in [0.2, 0.25) is 0 Å². The van der Waals surface area contributed by atoms with Gasteiger partial charge in [-0.2, -0.15) is 0 Å². The maximum Gasteiger partial charge on any atom is 0.0406 e. The third-order valence-electron chi connectivity index (χ3n) is 1.94. The van der Waals surface area contributed by atoms with Gasteiger partial charge in [-0.15, -0.1) is 23.5 Å². The number of thioether (sulfide) groups is 2. The monoisotopic (exact) mass is 238 g/mol. The molecule has 0 heterocycles. The maximum absolute atomic E-state index is 2.28. The third kappa shape index (κ3) is 4.80. The van der Waals surface area contributed by atoms with Crippen molar-refractivity contribution < 1.29 is 0 Å². The molecule has 0 N–H and O–H groups in total. The lowest BCUT2D eigenvalue weighted by molar-refractivity contribution is 1.46. The van der Waals surface area contributed by atoms with Crippen LogP contribution in [0.3, 0.4) is 0 Å². The topological polar surface area (TPSA) is 0 Å². The predicted molar refractivity (Wildman–Crippen MR) is 75.4 cm³/mol. The molecule has 0 nitrogen and oxygen atoms in total. The molecule has 0 fully saturated rings. The molecule has 0 radical (unpaired) electrons. The molecule has 0 atom stereocenters. The molecule has 0 unspecified atom stereocenters. The Balaban J connectivity index is 2.76. The Morgan fingerprint density at radius 3 is 2.07 bits per heavy atom. The van der Waals surface area contributed by atoms with E-state index in [1.165, 1.54) is 15.4 Å². The Labute approximate surface area is 102 Å². The summed E-state index contributed by atoms with van der Waals surface area (Å²) in [5.74, 6) is 2.29. The van der Waals surface area contributed by atoms with Gasteiger partial charge in [-0.05, 0) is 30.1 Å². The Bertz CT molecular complexity index is 304. The molecule has 1 aromatic rings. The van der Waals surface area contributed by atoms with Gasteiger partial charge < -0.3 is 0 Å². The van der Waals surface area contributed by atoms with Crippen molar-refractivity contribution in [2.75, 3.05) is 11.5 Å². The molecule has 0 aliphatic heterocycles. The fourth-order valence-electron chi connectivity index (χ4n) is 1.21. The van der Waals surface area contributed by atoms with E-state index in [4.69, 9.17) is 0 Å². The van der Waals surface area contributed by atoms with Crippen LogP contribution >= 0.6 is 23.5 Å². The summed E-state index contributed by atoms with van der Waals surface area (Å²) in [4.78, 5) is 0. The third-order valence-corrected chi connectivity index (χ3v) is 4.02. The lowest BCUT2D eigenvalue weighted by atomic mass is 10.1. The second-order valence-electron chi connectivity index (χ2n) is 3.24. The zero-order chi connectivity index (χ0) is 11.1. The van der Waals surface area contributed by atoms with E-state index in [9.17, 15) is 0 Å². The van der Waals surface area contributed by atoms with Crippen LogP contribution in [-0.2, 0) is 0 Å². The smallest absolute Gasteiger partial charge is 0.0406 e. The van der Waals surface area contributed by atoms with E-state index in [2.05, 4.69) is 51.1 Å². The number of hydrogen-bond acceptors (Lipinski definition) is 2. The molecule has 0 amide bonds. The average Bonchev–Trinajstić information content (AvgIpc) is 2.22. The predicted octanol–water partition coefficient (Wildman–Crippen LogP) is 4.80. The molecule has 0 aromatic heterocycles. The molecule has 1 aromatic carbocycles. The molecule has 0 saturated heterocycles. The molecule has 0 spiro atoms. The molecule has 15 heavy (non-hydrogen) atoms. The van der Waals surface area contributed by atoms with Crippen molar-refractivity contribution in [3.05, 3.63) is 39.6 Å². The molecule has 0 saturated carbocycles. The first kappa shape index (κ1) is 12.7. The van der Waals surface area contributed by atoms with Gasteiger partial charge in [-0.3, -0.25) is 0 Å². The fraction of sp³-hybridized carbons (Fsp3) is 0.385. The average molecular weight is 238 g/mol. The van der Waals surface area contributed by atoms with Crippen molar-refractivity contribution in [2.45, 2.75) is 20.8 Å². The highest BCUT2D eigenvalue weighted by Gasteiger charge is 1.97. The van der Waals surface area contributed by atoms with Crippen LogP contribution in [0.25, 0.3) is 6.08 Å². The van der Waals surface area contributed by atoms with Crippen molar-refractivity contribution in [1.82, 2.24) is 0 Å². The van der Waals surface area contributed by atoms with Gasteiger partial charge in [-0.1, -0.05) is 43.7 Å². The van der Waals surface area contributed by atoms with Gasteiger partial charge in [0.2, 0.25) is 0 Å². The summed E-state index contributed by atoms with van der Waals surface area (Å²) in [7, 11) is 0. The minimum atomic E-state index is 1.14. The normalized spacial score (nSPS) is 10.1. The number of benzene rings is 1. The zero-order valence-corrected chi connectivity index (χ0v) is 11.3. The minimum Gasteiger partial charge on any atom is -0.120 e. The second-order valence-corrected chi connectivity index (χ2v) is 6.11. The standard InChI is InChI=1S/C13H18S2/c1-4-14-13(15-5-2)10-12-8-6-11(3)7-9-12/h6-10H,4-5H2,1-3H3. The van der Waals surface area contributed by atoms with Gasteiger partial charge in [-0.25, -0.2) is 0 Å². The molecule has 1 rings (SSSR count). The van der Waals surface area contributed by atoms with Crippen LogP contribution in [0.4, 0.5) is 0 Å². The Morgan fingerprint density at radius 1 is 1.07 bits per heavy atom. The van der Waals surface area contributed by atoms with Crippen LogP contribution in [0.5, 0.6) is 0 Å². The van der Waals surface area contributed by atoms with Gasteiger partial charge >= 0.3 is 0 Å². The van der Waals surface area contributed by atoms with Crippen LogP contribution in [0, 0.1) is 6.92 Å². The first-order chi connectivity index (χ1) is 7.26. The highest BCUT2D eigenvalue weighted by atomic mass is 32.2. The van der Waals surface area contributed by atoms with E-state index in [0.29, 0.717) is 0 Å². The second kappa shape index (κ2) is 7.02. The van der Waals surface area contributed by atoms with E-state index in [1.807, 2.05) is 23.5 Å². The number of hydrogen-bond donors (Lipinski definition) is 0. The van der Waals surface area contributed by atoms with Crippen molar-refractivity contribution in [3.63, 3.8) is 0 Å². The molecule has 0 aliphatic rings. The SMILES string of the molecule is CCSC(=Cc1ccc(C)cc1)SCC. The zero-order valence-electron chi connectivity index (χ0n) is 9.62. The van der Waals surface area contributed by atoms with Gasteiger partial charge in [0.25, 0.3) is 0 Å². The van der Waals surface area contributed by atoms with Gasteiger partial charge in [0.15, 0.2) is 0 Å². The Hall–Kier alpha value is -0.340. The first-order valence-electron chi connectivity index (χ1n) is 5.30. The highest BCUT2D eigenvalue weighted by molar-refractivity contribution is 8.22. The lowest BCUT2D eigenvalue weighted by Gasteiger charge is -2.03. The molecule has 82 valence electrons. The summed E-state index contributed by atoms with van der Waals surface area (Å²) in [5.41, 5.74) is 2.62. The summed E-state index contributed by atoms with van der Waals surface area (Å²) in [5, 5.41) is 0. The van der Waals surface area contributed by atoms with E-state index < -0.39 is 0 Å². The van der Waals surface area contributed by atoms with E-state index in [1.54, 1.807) is 0 Å². The molecule has 0 bridgehead atoms. The van der Waals surface area contributed by atoms with Crippen LogP contribution in [0.1, 0.15) is 25.0 Å². The first-order valence-corrected chi connectivity index (χ1v) is 7.27. The Morgan fingerprint density at radius 2 is 1.60 bits per heavy atom. The summed E-state index contributed by atoms with van der Waals surface area (Å²) in [6.07, 6.45) is 2.28. The molecule has 0 aliphatic carbocycles. The fourth-order valence-corrected chi connectivity index (χ4v) is 3.26. The number of aryl methyl sites for hydroxylation is 1. The summed E-state index contributed by atoms with van der Waals surface area (Å²) in [6, 6.07) is 8.69. The van der Waals surface area contributed by atoms with Gasteiger partial charge in [0.1, 0.15) is 0 Å². The number of rotatable bonds is 5. The van der Waals surface area contributed by atoms with E-state index in [-0.39, 0.29) is 0 Å². The summed E-state index contributed by atoms with van der Waals surface area (Å²) >= 11 is 3.85. The Kier molecular flexibility index (Phi) is 5.96. The minimum absolute atomic E-state index is 1.14. The van der Waals surface area contributed by atoms with Crippen molar-refractivity contribution >= 4 is 29.6 Å². The molecular weight excluding hydrogens is 220 g/mol. The van der Waals surface area contributed by atoms with Gasteiger partial charge in [0, 0.05) is 4.24 Å². The van der Waals surface area contributed by atoms with Crippen molar-refractivity contribution in [1.29, 1.82) is 0 Å². The van der Waals surface area contributed by atoms with Crippen LogP contribution in [-0.4, -0.2) is 11.5 Å².